The van der Waals surface area contributed by atoms with Crippen molar-refractivity contribution < 1.29 is 4.74 Å². The highest BCUT2D eigenvalue weighted by atomic mass is 35.5. The number of imidazole rings is 1. The first kappa shape index (κ1) is 19.4. The number of hydrogen-bond acceptors (Lipinski definition) is 4. The molecule has 1 aromatic carbocycles. The number of rotatable bonds is 5. The largest absolute Gasteiger partial charge is 0.463 e. The fraction of sp³-hybridized carbons (Fsp3) is 0.375. The molecule has 0 bridgehead atoms. The second kappa shape index (κ2) is 8.43. The van der Waals surface area contributed by atoms with Crippen molar-refractivity contribution >= 4 is 52.4 Å². The van der Waals surface area contributed by atoms with Gasteiger partial charge in [0.2, 0.25) is 0 Å². The minimum atomic E-state index is 0.276. The number of aromatic nitrogens is 2. The van der Waals surface area contributed by atoms with Crippen LogP contribution in [0.15, 0.2) is 28.1 Å². The quantitative estimate of drug-likeness (QED) is 0.709. The van der Waals surface area contributed by atoms with Crippen LogP contribution in [-0.4, -0.2) is 21.8 Å². The summed E-state index contributed by atoms with van der Waals surface area (Å²) in [4.78, 5) is 5.69. The molecule has 0 atom stereocenters. The Kier molecular flexibility index (Phi) is 6.80. The smallest absolute Gasteiger partial charge is 0.256 e. The molecule has 4 nitrogen and oxygen atoms in total. The van der Waals surface area contributed by atoms with E-state index in [1.165, 1.54) is 0 Å². The molecule has 1 aromatic heterocycles. The molecule has 0 fully saturated rings. The SMILES string of the molecule is CNC(=S)OCc1nc(C(C)C)c(Sc2cc(Cl)cc(Cl)c2)n1C. The third-order valence-corrected chi connectivity index (χ3v) is 5.20. The molecule has 0 amide bonds. The summed E-state index contributed by atoms with van der Waals surface area (Å²) >= 11 is 18.8. The molecule has 0 saturated carbocycles. The highest BCUT2D eigenvalue weighted by Crippen LogP contribution is 2.36. The van der Waals surface area contributed by atoms with E-state index in [9.17, 15) is 0 Å². The molecule has 2 aromatic rings. The van der Waals surface area contributed by atoms with Gasteiger partial charge in [0, 0.05) is 29.0 Å². The zero-order valence-electron chi connectivity index (χ0n) is 13.9. The monoisotopic (exact) mass is 403 g/mol. The summed E-state index contributed by atoms with van der Waals surface area (Å²) in [6.07, 6.45) is 0. The van der Waals surface area contributed by atoms with E-state index in [-0.39, 0.29) is 5.92 Å². The number of thiocarbonyl (C=S) groups is 1. The van der Waals surface area contributed by atoms with Gasteiger partial charge in [-0.1, -0.05) is 48.8 Å². The zero-order chi connectivity index (χ0) is 17.9. The summed E-state index contributed by atoms with van der Waals surface area (Å²) in [7, 11) is 3.69. The van der Waals surface area contributed by atoms with Gasteiger partial charge in [-0.25, -0.2) is 4.98 Å². The van der Waals surface area contributed by atoms with E-state index in [0.29, 0.717) is 21.8 Å². The van der Waals surface area contributed by atoms with Crippen molar-refractivity contribution in [2.24, 2.45) is 7.05 Å². The van der Waals surface area contributed by atoms with Crippen LogP contribution < -0.4 is 5.32 Å². The van der Waals surface area contributed by atoms with Gasteiger partial charge in [0.05, 0.1) is 5.69 Å². The van der Waals surface area contributed by atoms with Gasteiger partial charge in [0.25, 0.3) is 5.17 Å². The second-order valence-electron chi connectivity index (χ2n) is 5.47. The van der Waals surface area contributed by atoms with Crippen LogP contribution in [0.25, 0.3) is 0 Å². The average Bonchev–Trinajstić information content (AvgIpc) is 2.81. The highest BCUT2D eigenvalue weighted by Gasteiger charge is 2.19. The first-order chi connectivity index (χ1) is 11.3. The molecule has 1 heterocycles. The molecule has 0 aliphatic rings. The lowest BCUT2D eigenvalue weighted by molar-refractivity contribution is 0.274. The van der Waals surface area contributed by atoms with Crippen molar-refractivity contribution in [1.82, 2.24) is 14.9 Å². The van der Waals surface area contributed by atoms with Crippen molar-refractivity contribution in [2.75, 3.05) is 7.05 Å². The normalized spacial score (nSPS) is 11.0. The van der Waals surface area contributed by atoms with E-state index in [1.807, 2.05) is 23.7 Å². The zero-order valence-corrected chi connectivity index (χ0v) is 17.0. The predicted molar refractivity (Wildman–Crippen MR) is 104 cm³/mol. The van der Waals surface area contributed by atoms with Gasteiger partial charge in [-0.2, -0.15) is 0 Å². The summed E-state index contributed by atoms with van der Waals surface area (Å²) in [6.45, 7) is 4.53. The van der Waals surface area contributed by atoms with Gasteiger partial charge in [0.1, 0.15) is 17.5 Å². The lowest BCUT2D eigenvalue weighted by Gasteiger charge is -2.10. The highest BCUT2D eigenvalue weighted by molar-refractivity contribution is 7.99. The Morgan fingerprint density at radius 2 is 1.96 bits per heavy atom. The summed E-state index contributed by atoms with van der Waals surface area (Å²) in [5.74, 6) is 1.09. The van der Waals surface area contributed by atoms with E-state index < -0.39 is 0 Å². The first-order valence-electron chi connectivity index (χ1n) is 7.35. The lowest BCUT2D eigenvalue weighted by atomic mass is 10.2. The van der Waals surface area contributed by atoms with Crippen LogP contribution in [0.5, 0.6) is 0 Å². The molecular formula is C16H19Cl2N3OS2. The fourth-order valence-electron chi connectivity index (χ4n) is 2.08. The van der Waals surface area contributed by atoms with Gasteiger partial charge < -0.3 is 14.6 Å². The fourth-order valence-corrected chi connectivity index (χ4v) is 4.02. The molecule has 0 saturated heterocycles. The molecule has 1 N–H and O–H groups in total. The van der Waals surface area contributed by atoms with Crippen molar-refractivity contribution in [1.29, 1.82) is 0 Å². The molecule has 8 heteroatoms. The third kappa shape index (κ3) is 4.79. The number of nitrogens with one attached hydrogen (secondary N) is 1. The number of ether oxygens (including phenoxy) is 1. The van der Waals surface area contributed by atoms with Crippen LogP contribution in [-0.2, 0) is 18.4 Å². The van der Waals surface area contributed by atoms with Gasteiger partial charge >= 0.3 is 0 Å². The number of halogens is 2. The van der Waals surface area contributed by atoms with Gasteiger partial charge in [-0.05, 0) is 36.3 Å². The molecule has 0 aliphatic heterocycles. The molecule has 0 aliphatic carbocycles. The molecule has 130 valence electrons. The molecular weight excluding hydrogens is 385 g/mol. The van der Waals surface area contributed by atoms with Crippen LogP contribution in [0.3, 0.4) is 0 Å². The standard InChI is InChI=1S/C16H19Cl2N3OS2/c1-9(2)14-15(24-12-6-10(17)5-11(18)7-12)21(4)13(20-14)8-22-16(23)19-3/h5-7,9H,8H2,1-4H3,(H,19,23). The van der Waals surface area contributed by atoms with E-state index in [4.69, 9.17) is 45.1 Å². The van der Waals surface area contributed by atoms with Gasteiger partial charge in [-0.15, -0.1) is 0 Å². The van der Waals surface area contributed by atoms with Crippen LogP contribution in [0.4, 0.5) is 0 Å². The van der Waals surface area contributed by atoms with Crippen molar-refractivity contribution in [3.63, 3.8) is 0 Å². The van der Waals surface area contributed by atoms with Crippen LogP contribution in [0.1, 0.15) is 31.3 Å². The topological polar surface area (TPSA) is 39.1 Å². The molecule has 0 radical (unpaired) electrons. The van der Waals surface area contributed by atoms with E-state index in [0.717, 1.165) is 21.4 Å². The summed E-state index contributed by atoms with van der Waals surface area (Å²) in [5.41, 5.74) is 1.01. The minimum Gasteiger partial charge on any atom is -0.463 e. The summed E-state index contributed by atoms with van der Waals surface area (Å²) < 4.78 is 7.50. The van der Waals surface area contributed by atoms with Crippen LogP contribution >= 0.6 is 47.2 Å². The molecule has 24 heavy (non-hydrogen) atoms. The predicted octanol–water partition coefficient (Wildman–Crippen LogP) is 5.02. The average molecular weight is 404 g/mol. The van der Waals surface area contributed by atoms with Crippen LogP contribution in [0, 0.1) is 0 Å². The van der Waals surface area contributed by atoms with Gasteiger partial charge in [0.15, 0.2) is 0 Å². The molecule has 2 rings (SSSR count). The molecule has 0 spiro atoms. The number of nitrogens with zero attached hydrogens (tertiary/aromatic N) is 2. The van der Waals surface area contributed by atoms with E-state index in [1.54, 1.807) is 24.9 Å². The Hall–Kier alpha value is -0.950. The van der Waals surface area contributed by atoms with E-state index >= 15 is 0 Å². The maximum absolute atomic E-state index is 6.10. The Bertz CT molecular complexity index is 727. The summed E-state index contributed by atoms with van der Waals surface area (Å²) in [6, 6.07) is 5.50. The van der Waals surface area contributed by atoms with Crippen molar-refractivity contribution in [3.05, 3.63) is 39.8 Å². The van der Waals surface area contributed by atoms with E-state index in [2.05, 4.69) is 19.2 Å². The Balaban J connectivity index is 2.33. The Morgan fingerprint density at radius 3 is 2.50 bits per heavy atom. The van der Waals surface area contributed by atoms with Crippen molar-refractivity contribution in [2.45, 2.75) is 36.3 Å². The Morgan fingerprint density at radius 1 is 1.33 bits per heavy atom. The maximum Gasteiger partial charge on any atom is 0.256 e. The summed E-state index contributed by atoms with van der Waals surface area (Å²) in [5, 5.41) is 5.40. The van der Waals surface area contributed by atoms with Crippen LogP contribution in [0.2, 0.25) is 10.0 Å². The first-order valence-corrected chi connectivity index (χ1v) is 9.33. The number of benzene rings is 1. The molecule has 0 unspecified atom stereocenters. The van der Waals surface area contributed by atoms with Crippen molar-refractivity contribution in [3.8, 4) is 0 Å². The number of hydrogen-bond donors (Lipinski definition) is 1. The third-order valence-electron chi connectivity index (χ3n) is 3.29. The Labute approximate surface area is 161 Å². The van der Waals surface area contributed by atoms with Gasteiger partial charge in [-0.3, -0.25) is 0 Å². The lowest BCUT2D eigenvalue weighted by Crippen LogP contribution is -2.19. The minimum absolute atomic E-state index is 0.276. The second-order valence-corrected chi connectivity index (χ2v) is 7.77. The maximum atomic E-state index is 6.10.